The third-order valence-electron chi connectivity index (χ3n) is 4.80. The lowest BCUT2D eigenvalue weighted by atomic mass is 10.1. The number of aryl methyl sites for hydroxylation is 1. The van der Waals surface area contributed by atoms with Gasteiger partial charge < -0.3 is 9.64 Å². The van der Waals surface area contributed by atoms with Gasteiger partial charge >= 0.3 is 0 Å². The molecule has 1 aliphatic heterocycles. The quantitative estimate of drug-likeness (QED) is 0.649. The predicted octanol–water partition coefficient (Wildman–Crippen LogP) is 3.50. The van der Waals surface area contributed by atoms with E-state index in [-0.39, 0.29) is 25.0 Å². The normalized spacial score (nSPS) is 13.0. The maximum absolute atomic E-state index is 12.8. The Hall–Kier alpha value is -3.19. The molecule has 0 saturated heterocycles. The first-order valence-electron chi connectivity index (χ1n) is 9.29. The third-order valence-corrected chi connectivity index (χ3v) is 5.57. The molecule has 0 saturated carbocycles. The van der Waals surface area contributed by atoms with Gasteiger partial charge in [-0.3, -0.25) is 14.5 Å². The molecule has 7 heteroatoms. The highest BCUT2D eigenvalue weighted by molar-refractivity contribution is 7.09. The minimum absolute atomic E-state index is 0.0297. The summed E-state index contributed by atoms with van der Waals surface area (Å²) >= 11 is 1.57. The van der Waals surface area contributed by atoms with Gasteiger partial charge in [-0.2, -0.15) is 0 Å². The fourth-order valence-electron chi connectivity index (χ4n) is 3.23. The number of ether oxygens (including phenoxy) is 1. The molecule has 2 heterocycles. The van der Waals surface area contributed by atoms with Crippen molar-refractivity contribution in [3.63, 3.8) is 0 Å². The fourth-order valence-corrected chi connectivity index (χ4v) is 3.85. The number of rotatable bonds is 5. The summed E-state index contributed by atoms with van der Waals surface area (Å²) in [5.74, 6) is 0.231. The van der Waals surface area contributed by atoms with Gasteiger partial charge in [0.25, 0.3) is 5.91 Å². The minimum atomic E-state index is -0.231. The number of thiazole rings is 1. The molecule has 3 aromatic rings. The largest absolute Gasteiger partial charge is 0.482 e. The Balaban J connectivity index is 1.56. The molecule has 1 aromatic heterocycles. The van der Waals surface area contributed by atoms with Gasteiger partial charge in [0, 0.05) is 24.5 Å². The van der Waals surface area contributed by atoms with Gasteiger partial charge in [-0.1, -0.05) is 30.3 Å². The predicted molar refractivity (Wildman–Crippen MR) is 113 cm³/mol. The van der Waals surface area contributed by atoms with Crippen LogP contribution in [0.2, 0.25) is 0 Å². The van der Waals surface area contributed by atoms with E-state index < -0.39 is 0 Å². The van der Waals surface area contributed by atoms with Crippen molar-refractivity contribution in [3.8, 4) is 17.0 Å². The van der Waals surface area contributed by atoms with Crippen molar-refractivity contribution in [1.82, 2.24) is 9.88 Å². The number of carbonyl (C=O) groups is 2. The van der Waals surface area contributed by atoms with E-state index in [9.17, 15) is 9.59 Å². The smallest absolute Gasteiger partial charge is 0.265 e. The van der Waals surface area contributed by atoms with E-state index in [2.05, 4.69) is 4.98 Å². The second-order valence-electron chi connectivity index (χ2n) is 6.94. The van der Waals surface area contributed by atoms with E-state index in [4.69, 9.17) is 4.74 Å². The number of hydrogen-bond acceptors (Lipinski definition) is 5. The maximum Gasteiger partial charge on any atom is 0.265 e. The van der Waals surface area contributed by atoms with Crippen LogP contribution < -0.4 is 9.64 Å². The molecule has 148 valence electrons. The van der Waals surface area contributed by atoms with Crippen LogP contribution in [0.4, 0.5) is 5.69 Å². The van der Waals surface area contributed by atoms with Gasteiger partial charge in [-0.05, 0) is 30.7 Å². The molecule has 0 spiro atoms. The van der Waals surface area contributed by atoms with Crippen molar-refractivity contribution in [2.45, 2.75) is 13.5 Å². The van der Waals surface area contributed by atoms with E-state index in [1.54, 1.807) is 23.3 Å². The van der Waals surface area contributed by atoms with Gasteiger partial charge in [0.05, 0.1) is 16.4 Å². The number of carbonyl (C=O) groups excluding carboxylic acids is 2. The van der Waals surface area contributed by atoms with E-state index in [1.807, 2.05) is 60.8 Å². The summed E-state index contributed by atoms with van der Waals surface area (Å²) in [4.78, 5) is 33.0. The first-order valence-corrected chi connectivity index (χ1v) is 10.2. The Kier molecular flexibility index (Phi) is 5.31. The molecule has 29 heavy (non-hydrogen) atoms. The topological polar surface area (TPSA) is 62.7 Å². The van der Waals surface area contributed by atoms with Crippen molar-refractivity contribution in [2.75, 3.05) is 25.1 Å². The van der Waals surface area contributed by atoms with Gasteiger partial charge in [0.15, 0.2) is 6.61 Å². The summed E-state index contributed by atoms with van der Waals surface area (Å²) in [6.45, 7) is 2.34. The molecule has 0 atom stereocenters. The zero-order valence-corrected chi connectivity index (χ0v) is 17.1. The molecule has 6 nitrogen and oxygen atoms in total. The lowest BCUT2D eigenvalue weighted by Crippen LogP contribution is -2.45. The number of amides is 2. The maximum atomic E-state index is 12.8. The zero-order valence-electron chi connectivity index (χ0n) is 16.3. The first-order chi connectivity index (χ1) is 14.0. The molecule has 0 radical (unpaired) electrons. The van der Waals surface area contributed by atoms with E-state index in [1.165, 1.54) is 4.90 Å². The molecule has 0 unspecified atom stereocenters. The standard InChI is InChI=1S/C22H21N3O3S/c1-15-23-18(14-29-15)17-8-9-20-19(10-17)25(22(27)13-28-20)12-21(26)24(2)11-16-6-4-3-5-7-16/h3-10,14H,11-13H2,1-2H3. The van der Waals surface area contributed by atoms with Crippen molar-refractivity contribution < 1.29 is 14.3 Å². The van der Waals surface area contributed by atoms with Crippen LogP contribution in [-0.2, 0) is 16.1 Å². The molecule has 0 fully saturated rings. The summed E-state index contributed by atoms with van der Waals surface area (Å²) in [5.41, 5.74) is 3.38. The Morgan fingerprint density at radius 1 is 1.24 bits per heavy atom. The second kappa shape index (κ2) is 8.05. The van der Waals surface area contributed by atoms with Crippen molar-refractivity contribution in [2.24, 2.45) is 0 Å². The number of hydrogen-bond donors (Lipinski definition) is 0. The summed E-state index contributed by atoms with van der Waals surface area (Å²) in [6, 6.07) is 15.4. The monoisotopic (exact) mass is 407 g/mol. The lowest BCUT2D eigenvalue weighted by Gasteiger charge is -2.30. The second-order valence-corrected chi connectivity index (χ2v) is 8.00. The number of fused-ring (bicyclic) bond motifs is 1. The van der Waals surface area contributed by atoms with Crippen LogP contribution in [0.3, 0.4) is 0 Å². The third kappa shape index (κ3) is 4.14. The Morgan fingerprint density at radius 2 is 2.03 bits per heavy atom. The van der Waals surface area contributed by atoms with Crippen molar-refractivity contribution >= 4 is 28.8 Å². The van der Waals surface area contributed by atoms with Crippen LogP contribution in [0.15, 0.2) is 53.9 Å². The number of aromatic nitrogens is 1. The fraction of sp³-hybridized carbons (Fsp3) is 0.227. The van der Waals surface area contributed by atoms with E-state index >= 15 is 0 Å². The zero-order chi connectivity index (χ0) is 20.4. The van der Waals surface area contributed by atoms with E-state index in [0.717, 1.165) is 21.8 Å². The highest BCUT2D eigenvalue weighted by atomic mass is 32.1. The molecular formula is C22H21N3O3S. The van der Waals surface area contributed by atoms with Crippen molar-refractivity contribution in [1.29, 1.82) is 0 Å². The Labute approximate surface area is 173 Å². The highest BCUT2D eigenvalue weighted by Gasteiger charge is 2.29. The molecule has 2 amide bonds. The van der Waals surface area contributed by atoms with Gasteiger partial charge in [-0.15, -0.1) is 11.3 Å². The number of likely N-dealkylation sites (N-methyl/N-ethyl adjacent to an activating group) is 1. The Bertz CT molecular complexity index is 1050. The van der Waals surface area contributed by atoms with Gasteiger partial charge in [0.1, 0.15) is 12.3 Å². The van der Waals surface area contributed by atoms with Crippen LogP contribution in [0.5, 0.6) is 5.75 Å². The average molecular weight is 407 g/mol. The van der Waals surface area contributed by atoms with Crippen LogP contribution in [0.1, 0.15) is 10.6 Å². The number of benzene rings is 2. The van der Waals surface area contributed by atoms with Crippen LogP contribution in [0.25, 0.3) is 11.3 Å². The Morgan fingerprint density at radius 3 is 2.76 bits per heavy atom. The first kappa shape index (κ1) is 19.1. The molecule has 4 rings (SSSR count). The van der Waals surface area contributed by atoms with E-state index in [0.29, 0.717) is 18.0 Å². The molecule has 1 aliphatic rings. The van der Waals surface area contributed by atoms with Crippen molar-refractivity contribution in [3.05, 3.63) is 64.5 Å². The van der Waals surface area contributed by atoms with Crippen LogP contribution >= 0.6 is 11.3 Å². The SMILES string of the molecule is Cc1nc(-c2ccc3c(c2)N(CC(=O)N(C)Cc2ccccc2)C(=O)CO3)cs1. The molecular weight excluding hydrogens is 386 g/mol. The summed E-state index contributed by atoms with van der Waals surface area (Å²) in [5, 5.41) is 2.95. The molecule has 2 aromatic carbocycles. The lowest BCUT2D eigenvalue weighted by molar-refractivity contribution is -0.131. The molecule has 0 N–H and O–H groups in total. The molecule has 0 bridgehead atoms. The average Bonchev–Trinajstić information content (AvgIpc) is 3.16. The number of anilines is 1. The summed E-state index contributed by atoms with van der Waals surface area (Å²) in [7, 11) is 1.75. The van der Waals surface area contributed by atoms with Crippen LogP contribution in [0, 0.1) is 6.92 Å². The molecule has 0 aliphatic carbocycles. The van der Waals surface area contributed by atoms with Gasteiger partial charge in [0.2, 0.25) is 5.91 Å². The summed E-state index contributed by atoms with van der Waals surface area (Å²) < 4.78 is 5.57. The number of nitrogens with zero attached hydrogens (tertiary/aromatic N) is 3. The van der Waals surface area contributed by atoms with Crippen LogP contribution in [-0.4, -0.2) is 41.9 Å². The van der Waals surface area contributed by atoms with Gasteiger partial charge in [-0.25, -0.2) is 4.98 Å². The highest BCUT2D eigenvalue weighted by Crippen LogP contribution is 2.36. The minimum Gasteiger partial charge on any atom is -0.482 e. The summed E-state index contributed by atoms with van der Waals surface area (Å²) in [6.07, 6.45) is 0.